The SMILES string of the molecule is CCCCC(CC)CC(CC(CC)CCCC)Nc1ccc(C(=O)O)cc1. The van der Waals surface area contributed by atoms with Crippen molar-refractivity contribution < 1.29 is 9.90 Å². The number of benzene rings is 1. The van der Waals surface area contributed by atoms with Crippen LogP contribution in [0.5, 0.6) is 0 Å². The monoisotopic (exact) mass is 375 g/mol. The highest BCUT2D eigenvalue weighted by Crippen LogP contribution is 2.27. The normalized spacial score (nSPS) is 14.5. The first-order chi connectivity index (χ1) is 13.0. The van der Waals surface area contributed by atoms with Gasteiger partial charge in [0.25, 0.3) is 0 Å². The zero-order valence-electron chi connectivity index (χ0n) is 18.0. The molecule has 0 aliphatic carbocycles. The maximum atomic E-state index is 11.1. The Bertz CT molecular complexity index is 494. The lowest BCUT2D eigenvalue weighted by Gasteiger charge is -2.28. The molecule has 27 heavy (non-hydrogen) atoms. The number of nitrogens with one attached hydrogen (secondary N) is 1. The van der Waals surface area contributed by atoms with Crippen LogP contribution in [0.3, 0.4) is 0 Å². The van der Waals surface area contributed by atoms with Crippen LogP contribution in [-0.4, -0.2) is 17.1 Å². The van der Waals surface area contributed by atoms with E-state index in [1.165, 1.54) is 64.2 Å². The van der Waals surface area contributed by atoms with Gasteiger partial charge in [-0.2, -0.15) is 0 Å². The molecule has 2 atom stereocenters. The van der Waals surface area contributed by atoms with Crippen LogP contribution in [0.1, 0.15) is 102 Å². The molecule has 0 heterocycles. The highest BCUT2D eigenvalue weighted by Gasteiger charge is 2.19. The van der Waals surface area contributed by atoms with Crippen molar-refractivity contribution in [1.82, 2.24) is 0 Å². The smallest absolute Gasteiger partial charge is 0.335 e. The molecule has 0 saturated heterocycles. The summed E-state index contributed by atoms with van der Waals surface area (Å²) in [7, 11) is 0. The van der Waals surface area contributed by atoms with Crippen molar-refractivity contribution in [3.63, 3.8) is 0 Å². The number of hydrogen-bond acceptors (Lipinski definition) is 2. The summed E-state index contributed by atoms with van der Waals surface area (Å²) in [5, 5.41) is 12.8. The van der Waals surface area contributed by atoms with Gasteiger partial charge in [0.2, 0.25) is 0 Å². The summed E-state index contributed by atoms with van der Waals surface area (Å²) in [6, 6.07) is 7.69. The van der Waals surface area contributed by atoms with Gasteiger partial charge < -0.3 is 10.4 Å². The van der Waals surface area contributed by atoms with Crippen molar-refractivity contribution in [2.45, 2.75) is 97.9 Å². The molecule has 0 aliphatic heterocycles. The summed E-state index contributed by atoms with van der Waals surface area (Å²) < 4.78 is 0. The molecule has 1 aromatic rings. The molecular weight excluding hydrogens is 334 g/mol. The van der Waals surface area contributed by atoms with Crippen LogP contribution >= 0.6 is 0 Å². The second kappa shape index (κ2) is 13.6. The second-order valence-corrected chi connectivity index (χ2v) is 8.03. The minimum atomic E-state index is -0.866. The maximum Gasteiger partial charge on any atom is 0.335 e. The third kappa shape index (κ3) is 9.30. The third-order valence-corrected chi connectivity index (χ3v) is 5.82. The maximum absolute atomic E-state index is 11.1. The Morgan fingerprint density at radius 3 is 1.74 bits per heavy atom. The molecule has 0 amide bonds. The number of hydrogen-bond donors (Lipinski definition) is 2. The Hall–Kier alpha value is -1.51. The number of carbonyl (C=O) groups is 1. The first kappa shape index (κ1) is 23.5. The number of aromatic carboxylic acids is 1. The Morgan fingerprint density at radius 1 is 0.889 bits per heavy atom. The fraction of sp³-hybridized carbons (Fsp3) is 0.708. The largest absolute Gasteiger partial charge is 0.478 e. The molecule has 2 unspecified atom stereocenters. The van der Waals surface area contributed by atoms with Gasteiger partial charge in [0.1, 0.15) is 0 Å². The summed E-state index contributed by atoms with van der Waals surface area (Å²) in [5.74, 6) is 0.670. The van der Waals surface area contributed by atoms with E-state index in [-0.39, 0.29) is 0 Å². The topological polar surface area (TPSA) is 49.3 Å². The molecule has 3 heteroatoms. The van der Waals surface area contributed by atoms with Gasteiger partial charge in [0, 0.05) is 11.7 Å². The van der Waals surface area contributed by atoms with Gasteiger partial charge in [-0.05, 0) is 48.9 Å². The molecule has 0 aliphatic rings. The summed E-state index contributed by atoms with van der Waals surface area (Å²) in [5.41, 5.74) is 1.39. The molecule has 0 radical (unpaired) electrons. The number of anilines is 1. The number of rotatable bonds is 15. The van der Waals surface area contributed by atoms with Crippen molar-refractivity contribution in [1.29, 1.82) is 0 Å². The number of carboxylic acids is 1. The Kier molecular flexibility index (Phi) is 11.9. The molecule has 0 bridgehead atoms. The highest BCUT2D eigenvalue weighted by atomic mass is 16.4. The van der Waals surface area contributed by atoms with Crippen LogP contribution in [0.15, 0.2) is 24.3 Å². The van der Waals surface area contributed by atoms with Gasteiger partial charge in [0.05, 0.1) is 5.56 Å². The average molecular weight is 376 g/mol. The predicted octanol–water partition coefficient (Wildman–Crippen LogP) is 7.38. The lowest BCUT2D eigenvalue weighted by molar-refractivity contribution is 0.0697. The Balaban J connectivity index is 2.82. The van der Waals surface area contributed by atoms with E-state index in [1.54, 1.807) is 12.1 Å². The zero-order chi connectivity index (χ0) is 20.1. The fourth-order valence-corrected chi connectivity index (χ4v) is 3.93. The first-order valence-electron chi connectivity index (χ1n) is 11.1. The van der Waals surface area contributed by atoms with Gasteiger partial charge in [-0.25, -0.2) is 4.79 Å². The van der Waals surface area contributed by atoms with E-state index in [9.17, 15) is 4.79 Å². The Labute approximate surface area is 167 Å². The van der Waals surface area contributed by atoms with E-state index in [2.05, 4.69) is 33.0 Å². The molecule has 0 fully saturated rings. The van der Waals surface area contributed by atoms with Crippen molar-refractivity contribution in [3.8, 4) is 0 Å². The molecule has 0 aromatic heterocycles. The first-order valence-corrected chi connectivity index (χ1v) is 11.1. The fourth-order valence-electron chi connectivity index (χ4n) is 3.93. The van der Waals surface area contributed by atoms with Crippen molar-refractivity contribution in [2.24, 2.45) is 11.8 Å². The van der Waals surface area contributed by atoms with Gasteiger partial charge in [-0.1, -0.05) is 79.1 Å². The lowest BCUT2D eigenvalue weighted by atomic mass is 9.85. The zero-order valence-corrected chi connectivity index (χ0v) is 18.0. The summed E-state index contributed by atoms with van der Waals surface area (Å²) >= 11 is 0. The van der Waals surface area contributed by atoms with Crippen LogP contribution < -0.4 is 5.32 Å². The molecule has 1 rings (SSSR count). The van der Waals surface area contributed by atoms with E-state index in [0.29, 0.717) is 11.6 Å². The minimum absolute atomic E-state index is 0.348. The van der Waals surface area contributed by atoms with Crippen LogP contribution in [0.25, 0.3) is 0 Å². The molecule has 3 nitrogen and oxygen atoms in total. The van der Waals surface area contributed by atoms with Gasteiger partial charge in [-0.3, -0.25) is 0 Å². The molecule has 1 aromatic carbocycles. The van der Waals surface area contributed by atoms with E-state index in [1.807, 2.05) is 12.1 Å². The van der Waals surface area contributed by atoms with Crippen molar-refractivity contribution >= 4 is 11.7 Å². The number of unbranched alkanes of at least 4 members (excludes halogenated alkanes) is 2. The average Bonchev–Trinajstić information content (AvgIpc) is 2.68. The molecule has 154 valence electrons. The molecule has 2 N–H and O–H groups in total. The van der Waals surface area contributed by atoms with E-state index < -0.39 is 5.97 Å². The summed E-state index contributed by atoms with van der Waals surface area (Å²) in [6.07, 6.45) is 12.7. The Morgan fingerprint density at radius 2 is 1.37 bits per heavy atom. The molecular formula is C24H41NO2. The van der Waals surface area contributed by atoms with Crippen LogP contribution in [0, 0.1) is 11.8 Å². The van der Waals surface area contributed by atoms with Crippen LogP contribution in [-0.2, 0) is 0 Å². The van der Waals surface area contributed by atoms with Crippen molar-refractivity contribution in [3.05, 3.63) is 29.8 Å². The van der Waals surface area contributed by atoms with Gasteiger partial charge >= 0.3 is 5.97 Å². The van der Waals surface area contributed by atoms with Gasteiger partial charge in [0.15, 0.2) is 0 Å². The van der Waals surface area contributed by atoms with Crippen molar-refractivity contribution in [2.75, 3.05) is 5.32 Å². The standard InChI is InChI=1S/C24H41NO2/c1-5-9-11-19(7-3)17-23(18-20(8-4)12-10-6-2)25-22-15-13-21(14-16-22)24(26)27/h13-16,19-20,23,25H,5-12,17-18H2,1-4H3,(H,26,27). The van der Waals surface area contributed by atoms with E-state index in [4.69, 9.17) is 5.11 Å². The highest BCUT2D eigenvalue weighted by molar-refractivity contribution is 5.88. The van der Waals surface area contributed by atoms with E-state index in [0.717, 1.165) is 17.5 Å². The second-order valence-electron chi connectivity index (χ2n) is 8.03. The molecule has 0 saturated carbocycles. The van der Waals surface area contributed by atoms with E-state index >= 15 is 0 Å². The number of carboxylic acid groups (broad SMARTS) is 1. The predicted molar refractivity (Wildman–Crippen MR) is 117 cm³/mol. The minimum Gasteiger partial charge on any atom is -0.478 e. The van der Waals surface area contributed by atoms with Gasteiger partial charge in [-0.15, -0.1) is 0 Å². The van der Waals surface area contributed by atoms with Crippen LogP contribution in [0.2, 0.25) is 0 Å². The third-order valence-electron chi connectivity index (χ3n) is 5.82. The quantitative estimate of drug-likeness (QED) is 0.336. The summed E-state index contributed by atoms with van der Waals surface area (Å²) in [6.45, 7) is 9.16. The van der Waals surface area contributed by atoms with Crippen LogP contribution in [0.4, 0.5) is 5.69 Å². The lowest BCUT2D eigenvalue weighted by Crippen LogP contribution is -2.26. The summed E-state index contributed by atoms with van der Waals surface area (Å²) in [4.78, 5) is 11.1. The molecule has 0 spiro atoms.